The molecular formula is C13H22N4O2. The van der Waals surface area contributed by atoms with Gasteiger partial charge in [0, 0.05) is 18.9 Å². The summed E-state index contributed by atoms with van der Waals surface area (Å²) in [6.07, 6.45) is 3.81. The van der Waals surface area contributed by atoms with Crippen molar-refractivity contribution >= 4 is 5.91 Å². The Hall–Kier alpha value is -1.43. The molecular weight excluding hydrogens is 244 g/mol. The molecule has 0 radical (unpaired) electrons. The lowest BCUT2D eigenvalue weighted by Gasteiger charge is -2.29. The average Bonchev–Trinajstić information content (AvgIpc) is 2.97. The van der Waals surface area contributed by atoms with Gasteiger partial charge in [0.1, 0.15) is 5.54 Å². The first-order chi connectivity index (χ1) is 8.94. The van der Waals surface area contributed by atoms with Crippen molar-refractivity contribution in [1.29, 1.82) is 0 Å². The van der Waals surface area contributed by atoms with Crippen LogP contribution in [0.3, 0.4) is 0 Å². The normalized spacial score (nSPS) is 21.1. The predicted molar refractivity (Wildman–Crippen MR) is 70.1 cm³/mol. The van der Waals surface area contributed by atoms with Crippen LogP contribution in [-0.2, 0) is 10.3 Å². The van der Waals surface area contributed by atoms with E-state index in [0.717, 1.165) is 25.7 Å². The van der Waals surface area contributed by atoms with Crippen molar-refractivity contribution < 1.29 is 9.32 Å². The first-order valence-electron chi connectivity index (χ1n) is 6.83. The summed E-state index contributed by atoms with van der Waals surface area (Å²) in [5.41, 5.74) is 5.31. The summed E-state index contributed by atoms with van der Waals surface area (Å²) in [4.78, 5) is 16.5. The number of aryl methyl sites for hydroxylation is 1. The van der Waals surface area contributed by atoms with Gasteiger partial charge in [-0.1, -0.05) is 24.9 Å². The van der Waals surface area contributed by atoms with Gasteiger partial charge in [0.25, 0.3) is 0 Å². The number of hydrogen-bond acceptors (Lipinski definition) is 5. The monoisotopic (exact) mass is 266 g/mol. The van der Waals surface area contributed by atoms with Crippen LogP contribution in [0.1, 0.15) is 51.2 Å². The zero-order valence-corrected chi connectivity index (χ0v) is 11.8. The minimum absolute atomic E-state index is 0.0423. The number of amides is 1. The molecule has 3 N–H and O–H groups in total. The molecule has 2 atom stereocenters. The van der Waals surface area contributed by atoms with Crippen molar-refractivity contribution in [3.8, 4) is 0 Å². The quantitative estimate of drug-likeness (QED) is 0.855. The molecule has 0 spiro atoms. The molecule has 6 nitrogen and oxygen atoms in total. The second-order valence-corrected chi connectivity index (χ2v) is 5.56. The Balaban J connectivity index is 2.19. The van der Waals surface area contributed by atoms with Crippen LogP contribution in [0.25, 0.3) is 0 Å². The molecule has 1 amide bonds. The molecule has 1 fully saturated rings. The summed E-state index contributed by atoms with van der Waals surface area (Å²) in [6.45, 7) is 5.43. The van der Waals surface area contributed by atoms with Crippen LogP contribution in [0.5, 0.6) is 0 Å². The Labute approximate surface area is 113 Å². The molecule has 6 heteroatoms. The van der Waals surface area contributed by atoms with Gasteiger partial charge < -0.3 is 15.6 Å². The second-order valence-electron chi connectivity index (χ2n) is 5.56. The van der Waals surface area contributed by atoms with E-state index in [1.807, 2.05) is 13.8 Å². The first kappa shape index (κ1) is 14.0. The van der Waals surface area contributed by atoms with E-state index in [1.54, 1.807) is 6.92 Å². The van der Waals surface area contributed by atoms with E-state index in [-0.39, 0.29) is 17.9 Å². The standard InChI is InChI=1S/C13H22N4O2/c1-8(9(2)14)11(18)16-13(6-4-5-7-13)12-15-10(3)19-17-12/h8-9H,4-7,14H2,1-3H3,(H,16,18). The van der Waals surface area contributed by atoms with Gasteiger partial charge in [-0.05, 0) is 19.8 Å². The summed E-state index contributed by atoms with van der Waals surface area (Å²) in [5, 5.41) is 7.09. The SMILES string of the molecule is Cc1nc(C2(NC(=O)C(C)C(C)N)CCCC2)no1. The van der Waals surface area contributed by atoms with E-state index < -0.39 is 5.54 Å². The fourth-order valence-corrected chi connectivity index (χ4v) is 2.47. The molecule has 0 bridgehead atoms. The van der Waals surface area contributed by atoms with Gasteiger partial charge in [0.2, 0.25) is 11.8 Å². The Morgan fingerprint density at radius 1 is 1.42 bits per heavy atom. The summed E-state index contributed by atoms with van der Waals surface area (Å²) < 4.78 is 5.05. The summed E-state index contributed by atoms with van der Waals surface area (Å²) >= 11 is 0. The number of carbonyl (C=O) groups excluding carboxylic acids is 1. The van der Waals surface area contributed by atoms with Crippen molar-refractivity contribution in [3.05, 3.63) is 11.7 Å². The third-order valence-corrected chi connectivity index (χ3v) is 3.98. The van der Waals surface area contributed by atoms with Crippen LogP contribution >= 0.6 is 0 Å². The maximum Gasteiger partial charge on any atom is 0.225 e. The van der Waals surface area contributed by atoms with Crippen LogP contribution in [0.4, 0.5) is 0 Å². The van der Waals surface area contributed by atoms with Gasteiger partial charge >= 0.3 is 0 Å². The maximum atomic E-state index is 12.2. The molecule has 1 aromatic rings. The molecule has 106 valence electrons. The number of carbonyl (C=O) groups is 1. The Kier molecular flexibility index (Phi) is 3.89. The molecule has 19 heavy (non-hydrogen) atoms. The van der Waals surface area contributed by atoms with Crippen molar-refractivity contribution in [2.24, 2.45) is 11.7 Å². The van der Waals surface area contributed by atoms with Crippen LogP contribution in [0.2, 0.25) is 0 Å². The number of nitrogens with two attached hydrogens (primary N) is 1. The number of aromatic nitrogens is 2. The van der Waals surface area contributed by atoms with Crippen molar-refractivity contribution in [2.45, 2.75) is 58.0 Å². The van der Waals surface area contributed by atoms with Gasteiger partial charge in [-0.25, -0.2) is 0 Å². The van der Waals surface area contributed by atoms with E-state index in [2.05, 4.69) is 15.5 Å². The lowest BCUT2D eigenvalue weighted by molar-refractivity contribution is -0.127. The first-order valence-corrected chi connectivity index (χ1v) is 6.83. The molecule has 1 aliphatic carbocycles. The van der Waals surface area contributed by atoms with E-state index >= 15 is 0 Å². The van der Waals surface area contributed by atoms with Gasteiger partial charge in [-0.15, -0.1) is 0 Å². The van der Waals surface area contributed by atoms with Gasteiger partial charge in [-0.3, -0.25) is 4.79 Å². The van der Waals surface area contributed by atoms with Crippen LogP contribution in [0, 0.1) is 12.8 Å². The van der Waals surface area contributed by atoms with E-state index in [1.165, 1.54) is 0 Å². The Morgan fingerprint density at radius 3 is 2.53 bits per heavy atom. The highest BCUT2D eigenvalue weighted by molar-refractivity contribution is 5.79. The Morgan fingerprint density at radius 2 is 2.05 bits per heavy atom. The second kappa shape index (κ2) is 5.28. The fourth-order valence-electron chi connectivity index (χ4n) is 2.47. The molecule has 0 aromatic carbocycles. The highest BCUT2D eigenvalue weighted by atomic mass is 16.5. The van der Waals surface area contributed by atoms with E-state index in [0.29, 0.717) is 11.7 Å². The van der Waals surface area contributed by atoms with Crippen molar-refractivity contribution in [3.63, 3.8) is 0 Å². The molecule has 1 aromatic heterocycles. The predicted octanol–water partition coefficient (Wildman–Crippen LogP) is 1.25. The highest BCUT2D eigenvalue weighted by Gasteiger charge is 2.42. The number of nitrogens with zero attached hydrogens (tertiary/aromatic N) is 2. The summed E-state index contributed by atoms with van der Waals surface area (Å²) in [5.74, 6) is 0.841. The average molecular weight is 266 g/mol. The summed E-state index contributed by atoms with van der Waals surface area (Å²) in [7, 11) is 0. The van der Waals surface area contributed by atoms with Gasteiger partial charge in [-0.2, -0.15) is 4.98 Å². The molecule has 0 aliphatic heterocycles. The minimum Gasteiger partial charge on any atom is -0.343 e. The van der Waals surface area contributed by atoms with Gasteiger partial charge in [0.15, 0.2) is 5.82 Å². The van der Waals surface area contributed by atoms with Gasteiger partial charge in [0.05, 0.1) is 0 Å². The molecule has 1 aliphatic rings. The topological polar surface area (TPSA) is 94.0 Å². The fraction of sp³-hybridized carbons (Fsp3) is 0.769. The van der Waals surface area contributed by atoms with Crippen LogP contribution in [-0.4, -0.2) is 22.1 Å². The minimum atomic E-state index is -0.474. The lowest BCUT2D eigenvalue weighted by atomic mass is 9.94. The zero-order valence-electron chi connectivity index (χ0n) is 11.8. The van der Waals surface area contributed by atoms with Crippen LogP contribution < -0.4 is 11.1 Å². The smallest absolute Gasteiger partial charge is 0.225 e. The Bertz CT molecular complexity index is 449. The van der Waals surface area contributed by atoms with E-state index in [4.69, 9.17) is 10.3 Å². The lowest BCUT2D eigenvalue weighted by Crippen LogP contribution is -2.49. The highest BCUT2D eigenvalue weighted by Crippen LogP contribution is 2.37. The zero-order chi connectivity index (χ0) is 14.0. The number of hydrogen-bond donors (Lipinski definition) is 2. The molecule has 0 saturated heterocycles. The number of rotatable bonds is 4. The molecule has 1 heterocycles. The third-order valence-electron chi connectivity index (χ3n) is 3.98. The molecule has 2 rings (SSSR count). The van der Waals surface area contributed by atoms with Crippen molar-refractivity contribution in [1.82, 2.24) is 15.5 Å². The van der Waals surface area contributed by atoms with E-state index in [9.17, 15) is 4.79 Å². The van der Waals surface area contributed by atoms with Crippen molar-refractivity contribution in [2.75, 3.05) is 0 Å². The maximum absolute atomic E-state index is 12.2. The summed E-state index contributed by atoms with van der Waals surface area (Å²) in [6, 6.07) is -0.176. The number of nitrogens with one attached hydrogen (secondary N) is 1. The third kappa shape index (κ3) is 2.78. The molecule has 1 saturated carbocycles. The van der Waals surface area contributed by atoms with Crippen LogP contribution in [0.15, 0.2) is 4.52 Å². The largest absolute Gasteiger partial charge is 0.343 e. The molecule has 2 unspecified atom stereocenters.